The molecule has 2 aliphatic heterocycles. The van der Waals surface area contributed by atoms with Gasteiger partial charge in [0.25, 0.3) is 0 Å². The van der Waals surface area contributed by atoms with Gasteiger partial charge in [-0.3, -0.25) is 106 Å². The van der Waals surface area contributed by atoms with Gasteiger partial charge in [0, 0.05) is 45.3 Å². The molecule has 2 saturated heterocycles. The SMILES string of the molecule is CC[C@H](C)[C@H](NC(=O)[C@@H](N)CCCNC(=N)N)C(=O)N[C@@H](CC(=O)O)C(=O)N1CCC[C@H]1C(=O)N[C@@H](CO)C(=O)N[C@@H](CC(=O)O)C(=O)N[C@@H](CO)C(=O)N[C@@H](Cc1ccc(O)cc1)C(=O)N[C@H](C(=O)N[C@@H](CC(N)=O)C(=O)N[C@@H](Cc1ccc(O)cc1)C(=O)N[C@@H](CO)C(=O)N1CCC[C@H]1C(=O)N[C@@H](CO)C(=O)N[C@@H](Cc1ccccc1)C(=O)N[C@@H](CCC(N)=O)C(=O)NCC(=O)O)[C@@H](C)O. The largest absolute Gasteiger partial charge is 0.508 e. The third-order valence-corrected chi connectivity index (χ3v) is 21.8. The molecule has 2 heterocycles. The van der Waals surface area contributed by atoms with Crippen LogP contribution >= 0.6 is 0 Å². The minimum atomic E-state index is -2.25. The van der Waals surface area contributed by atoms with Crippen LogP contribution in [0.1, 0.15) is 115 Å². The number of amides is 18. The number of aliphatic carboxylic acids is 3. The molecule has 53 nitrogen and oxygen atoms in total. The van der Waals surface area contributed by atoms with Crippen LogP contribution in [-0.2, 0) is 120 Å². The van der Waals surface area contributed by atoms with E-state index in [0.29, 0.717) is 5.56 Å². The maximum atomic E-state index is 14.6. The molecule has 137 heavy (non-hydrogen) atoms. The molecule has 3 aromatic rings. The lowest BCUT2D eigenvalue weighted by Crippen LogP contribution is -2.63. The second kappa shape index (κ2) is 55.7. The minimum Gasteiger partial charge on any atom is -0.508 e. The third kappa shape index (κ3) is 36.8. The number of guanidine groups is 1. The Balaban J connectivity index is 1.32. The van der Waals surface area contributed by atoms with Crippen LogP contribution in [0.2, 0.25) is 0 Å². The van der Waals surface area contributed by atoms with Gasteiger partial charge in [-0.15, -0.1) is 0 Å². The molecular weight excluding hydrogens is 1810 g/mol. The minimum absolute atomic E-state index is 0.0762. The Kier molecular flexibility index (Phi) is 45.8. The Morgan fingerprint density at radius 1 is 0.401 bits per heavy atom. The van der Waals surface area contributed by atoms with Crippen molar-refractivity contribution in [3.05, 3.63) is 95.6 Å². The zero-order valence-electron chi connectivity index (χ0n) is 74.9. The second-order valence-corrected chi connectivity index (χ2v) is 32.4. The van der Waals surface area contributed by atoms with Gasteiger partial charge in [-0.1, -0.05) is 74.9 Å². The van der Waals surface area contributed by atoms with Gasteiger partial charge < -0.3 is 164 Å². The van der Waals surface area contributed by atoms with Crippen LogP contribution in [0.4, 0.5) is 0 Å². The van der Waals surface area contributed by atoms with E-state index in [2.05, 4.69) is 69.1 Å². The number of primary amides is 2. The lowest BCUT2D eigenvalue weighted by Gasteiger charge is -2.31. The van der Waals surface area contributed by atoms with E-state index in [-0.39, 0.29) is 99.6 Å². The van der Waals surface area contributed by atoms with Gasteiger partial charge >= 0.3 is 17.9 Å². The first-order valence-corrected chi connectivity index (χ1v) is 43.3. The second-order valence-electron chi connectivity index (χ2n) is 32.4. The zero-order chi connectivity index (χ0) is 102. The number of carboxylic acid groups (broad SMARTS) is 3. The third-order valence-electron chi connectivity index (χ3n) is 21.8. The molecule has 0 radical (unpaired) electrons. The van der Waals surface area contributed by atoms with Crippen molar-refractivity contribution in [1.29, 1.82) is 5.41 Å². The van der Waals surface area contributed by atoms with Crippen molar-refractivity contribution in [2.45, 2.75) is 220 Å². The predicted molar refractivity (Wildman–Crippen MR) is 472 cm³/mol. The molecule has 5 rings (SSSR count). The number of aromatic hydroxyl groups is 2. The molecule has 18 atom stereocenters. The number of hydrogen-bond donors (Lipinski definition) is 30. The monoisotopic (exact) mass is 1930 g/mol. The maximum absolute atomic E-state index is 14.6. The van der Waals surface area contributed by atoms with Crippen molar-refractivity contribution in [2.75, 3.05) is 52.6 Å². The summed E-state index contributed by atoms with van der Waals surface area (Å²) in [5, 5.41) is 144. The molecule has 0 bridgehead atoms. The van der Waals surface area contributed by atoms with Crippen LogP contribution in [0.15, 0.2) is 78.9 Å². The van der Waals surface area contributed by atoms with Gasteiger partial charge in [0.2, 0.25) is 106 Å². The first kappa shape index (κ1) is 113. The number of nitrogens with one attached hydrogen (secondary N) is 16. The van der Waals surface area contributed by atoms with Crippen molar-refractivity contribution >= 4 is 130 Å². The van der Waals surface area contributed by atoms with Crippen molar-refractivity contribution in [3.63, 3.8) is 0 Å². The summed E-state index contributed by atoms with van der Waals surface area (Å²) in [6.45, 7) is -1.98. The van der Waals surface area contributed by atoms with Gasteiger partial charge in [-0.25, -0.2) is 0 Å². The van der Waals surface area contributed by atoms with E-state index in [0.717, 1.165) is 28.9 Å². The van der Waals surface area contributed by atoms with Gasteiger partial charge in [-0.05, 0) is 98.7 Å². The van der Waals surface area contributed by atoms with Crippen LogP contribution < -0.4 is 103 Å². The highest BCUT2D eigenvalue weighted by Crippen LogP contribution is 2.24. The van der Waals surface area contributed by atoms with E-state index in [9.17, 15) is 147 Å². The van der Waals surface area contributed by atoms with Gasteiger partial charge in [0.1, 0.15) is 109 Å². The van der Waals surface area contributed by atoms with Crippen LogP contribution in [0.25, 0.3) is 0 Å². The Bertz CT molecular complexity index is 4790. The Hall–Kier alpha value is -14.8. The molecule has 0 aliphatic carbocycles. The molecule has 18 amide bonds. The number of phenolic OH excluding ortho intramolecular Hbond substituents is 2. The van der Waals surface area contributed by atoms with Gasteiger partial charge in [-0.2, -0.15) is 0 Å². The molecule has 2 fully saturated rings. The zero-order valence-corrected chi connectivity index (χ0v) is 74.9. The number of aliphatic hydroxyl groups excluding tert-OH is 5. The summed E-state index contributed by atoms with van der Waals surface area (Å²) < 4.78 is 0. The molecule has 34 N–H and O–H groups in total. The van der Waals surface area contributed by atoms with Gasteiger partial charge in [0.15, 0.2) is 5.96 Å². The van der Waals surface area contributed by atoms with Crippen LogP contribution in [-0.4, -0.2) is 346 Å². The normalized spacial score (nSPS) is 16.8. The van der Waals surface area contributed by atoms with Crippen molar-refractivity contribution < 1.29 is 152 Å². The first-order chi connectivity index (χ1) is 64.7. The Morgan fingerprint density at radius 3 is 1.19 bits per heavy atom. The van der Waals surface area contributed by atoms with Crippen molar-refractivity contribution in [1.82, 2.24) is 89.6 Å². The molecule has 0 unspecified atom stereocenters. The fourth-order valence-electron chi connectivity index (χ4n) is 14.3. The van der Waals surface area contributed by atoms with Crippen LogP contribution in [0, 0.1) is 11.3 Å². The summed E-state index contributed by atoms with van der Waals surface area (Å²) >= 11 is 0. The number of carboxylic acids is 3. The summed E-state index contributed by atoms with van der Waals surface area (Å²) in [4.78, 5) is 287. The summed E-state index contributed by atoms with van der Waals surface area (Å²) in [7, 11) is 0. The maximum Gasteiger partial charge on any atom is 0.322 e. The number of likely N-dealkylation sites (tertiary alicyclic amines) is 2. The van der Waals surface area contributed by atoms with Crippen molar-refractivity contribution in [3.8, 4) is 11.5 Å². The number of nitrogens with two attached hydrogens (primary N) is 4. The molecule has 3 aromatic carbocycles. The topological polar surface area (TPSA) is 876 Å². The van der Waals surface area contributed by atoms with Gasteiger partial charge in [0.05, 0.1) is 57.8 Å². The Labute approximate surface area is 782 Å². The van der Waals surface area contributed by atoms with E-state index in [1.54, 1.807) is 44.2 Å². The number of aliphatic hydroxyl groups is 5. The van der Waals surface area contributed by atoms with Crippen molar-refractivity contribution in [2.24, 2.45) is 28.9 Å². The highest BCUT2D eigenvalue weighted by atomic mass is 16.4. The molecular formula is C84H120N22O31. The summed E-state index contributed by atoms with van der Waals surface area (Å²) in [5.74, 6) is -28.2. The van der Waals surface area contributed by atoms with Crippen LogP contribution in [0.5, 0.6) is 11.5 Å². The van der Waals surface area contributed by atoms with Crippen LogP contribution in [0.3, 0.4) is 0 Å². The predicted octanol–water partition coefficient (Wildman–Crippen LogP) is -12.3. The molecule has 53 heteroatoms. The van der Waals surface area contributed by atoms with E-state index in [4.69, 9.17) is 33.5 Å². The number of carbonyl (C=O) groups excluding carboxylic acids is 18. The average molecular weight is 1930 g/mol. The highest BCUT2D eigenvalue weighted by Gasteiger charge is 2.45. The number of carbonyl (C=O) groups is 21. The fraction of sp³-hybridized carbons (Fsp3) is 0.524. The lowest BCUT2D eigenvalue weighted by atomic mass is 9.97. The first-order valence-electron chi connectivity index (χ1n) is 43.3. The highest BCUT2D eigenvalue weighted by molar-refractivity contribution is 6.03. The fourth-order valence-corrected chi connectivity index (χ4v) is 14.3. The van der Waals surface area contributed by atoms with E-state index in [1.165, 1.54) is 36.4 Å². The number of benzene rings is 3. The van der Waals surface area contributed by atoms with E-state index >= 15 is 0 Å². The quantitative estimate of drug-likeness (QED) is 0.0142. The molecule has 0 spiro atoms. The number of nitrogens with zero attached hydrogens (tertiary/aromatic N) is 2. The standard InChI is InChI=1S/C84H120N22O31/c1-4-40(2)66(103-68(122)47(85)13-8-26-90-84(88)89)80(134)98-54(34-64(118)119)82(136)105-27-9-14-59(105)78(132)101-57(38-109)77(131)96-53(33-63(116)117)73(127)99-55(36-107)75(129)95-51(31-44-18-22-46(113)23-19-44)74(128)104-67(41(3)111)81(135)97-52(32-62(87)115)72(126)93-50(30-43-16-20-45(112)21-17-43)71(125)102-58(39-110)83(137)106-28-10-15-60(106)79(133)100-56(37-108)76(130)94-49(29-42-11-6-5-7-12-42)70(124)92-48(24-25-61(86)114)69(123)91-35-65(120)121/h5-7,11-12,16-23,40-41,47-60,66-67,107-113H,4,8-10,13-15,24-39,85H2,1-3H3,(H2,86,114)(H2,87,115)(H,91,123)(H,92,124)(H,93,126)(H,94,130)(H,95,129)(H,96,131)(H,97,135)(H,98,134)(H,99,127)(H,100,133)(H,101,132)(H,102,125)(H,103,122)(H,104,128)(H,116,117)(H,118,119)(H,120,121)(H4,88,89,90)/t40-,41+,47-,48-,49-,50-,51-,52-,53-,54-,55-,56-,57-,58-,59-,60-,66-,67-/m0/s1. The molecule has 752 valence electrons. The summed E-state index contributed by atoms with van der Waals surface area (Å²) in [5.41, 5.74) is 22.9. The molecule has 0 aromatic heterocycles. The molecule has 0 saturated carbocycles. The summed E-state index contributed by atoms with van der Waals surface area (Å²) in [6, 6.07) is -11.6. The molecule has 2 aliphatic rings. The van der Waals surface area contributed by atoms with E-state index in [1.807, 2.05) is 10.6 Å². The number of phenols is 2. The number of hydrogen-bond acceptors (Lipinski definition) is 30. The smallest absolute Gasteiger partial charge is 0.322 e. The average Bonchev–Trinajstić information content (AvgIpc) is 1.79. The number of rotatable bonds is 57. The van der Waals surface area contributed by atoms with E-state index < -0.39 is 311 Å². The Morgan fingerprint density at radius 2 is 0.766 bits per heavy atom. The summed E-state index contributed by atoms with van der Waals surface area (Å²) in [6.07, 6.45) is -7.31. The lowest BCUT2D eigenvalue weighted by molar-refractivity contribution is -0.146.